The van der Waals surface area contributed by atoms with Gasteiger partial charge in [0.25, 0.3) is 0 Å². The van der Waals surface area contributed by atoms with E-state index in [9.17, 15) is 18.0 Å². The Kier molecular flexibility index (Phi) is 7.12. The highest BCUT2D eigenvalue weighted by Gasteiger charge is 2.63. The number of ether oxygens (including phenoxy) is 1. The van der Waals surface area contributed by atoms with Crippen molar-refractivity contribution in [3.05, 3.63) is 35.9 Å². The van der Waals surface area contributed by atoms with E-state index in [0.29, 0.717) is 12.2 Å². The van der Waals surface area contributed by atoms with Crippen molar-refractivity contribution in [2.75, 3.05) is 6.61 Å². The highest BCUT2D eigenvalue weighted by Crippen LogP contribution is 2.50. The number of benzene rings is 1. The SMILES string of the molecule is CCOC1CC(N)(C(=O)NC(Cc2ccccc2)C(F)(F)F)C1(C)C.Cl. The minimum absolute atomic E-state index is 0. The Hall–Kier alpha value is -1.31. The summed E-state index contributed by atoms with van der Waals surface area (Å²) in [5, 5.41) is 2.12. The van der Waals surface area contributed by atoms with Crippen molar-refractivity contribution < 1.29 is 22.7 Å². The van der Waals surface area contributed by atoms with Crippen LogP contribution >= 0.6 is 12.4 Å². The molecule has 1 saturated carbocycles. The molecule has 0 spiro atoms. The molecule has 1 aromatic rings. The van der Waals surface area contributed by atoms with Crippen LogP contribution in [-0.4, -0.2) is 36.4 Å². The van der Waals surface area contributed by atoms with Crippen molar-refractivity contribution in [3.8, 4) is 0 Å². The molecule has 0 radical (unpaired) electrons. The van der Waals surface area contributed by atoms with E-state index < -0.39 is 29.1 Å². The molecular formula is C18H26ClF3N2O2. The molecule has 8 heteroatoms. The van der Waals surface area contributed by atoms with Crippen molar-refractivity contribution >= 4 is 18.3 Å². The number of rotatable bonds is 6. The molecule has 1 aliphatic carbocycles. The number of nitrogens with one attached hydrogen (secondary N) is 1. The second-order valence-corrected chi connectivity index (χ2v) is 7.10. The number of carbonyl (C=O) groups excluding carboxylic acids is 1. The standard InChI is InChI=1S/C18H25F3N2O2.ClH/c1-4-25-14-11-17(22,16(14,2)3)15(24)23-13(18(19,20)21)10-12-8-6-5-7-9-12;/h5-9,13-14H,4,10-11,22H2,1-3H3,(H,23,24);1H. The van der Waals surface area contributed by atoms with Gasteiger partial charge in [0.15, 0.2) is 0 Å². The van der Waals surface area contributed by atoms with Gasteiger partial charge in [-0.2, -0.15) is 13.2 Å². The van der Waals surface area contributed by atoms with E-state index in [1.165, 1.54) is 0 Å². The summed E-state index contributed by atoms with van der Waals surface area (Å²) in [6, 6.07) is 6.27. The maximum Gasteiger partial charge on any atom is 0.408 e. The topological polar surface area (TPSA) is 64.3 Å². The van der Waals surface area contributed by atoms with Crippen LogP contribution in [-0.2, 0) is 16.0 Å². The van der Waals surface area contributed by atoms with Crippen molar-refractivity contribution in [1.29, 1.82) is 0 Å². The summed E-state index contributed by atoms with van der Waals surface area (Å²) < 4.78 is 45.7. The monoisotopic (exact) mass is 394 g/mol. The lowest BCUT2D eigenvalue weighted by atomic mass is 9.54. The fourth-order valence-electron chi connectivity index (χ4n) is 3.21. The molecule has 0 heterocycles. The molecule has 1 aromatic carbocycles. The third-order valence-corrected chi connectivity index (χ3v) is 5.22. The van der Waals surface area contributed by atoms with Gasteiger partial charge in [-0.25, -0.2) is 0 Å². The second-order valence-electron chi connectivity index (χ2n) is 7.10. The molecule has 1 amide bonds. The van der Waals surface area contributed by atoms with Crippen LogP contribution in [0, 0.1) is 5.41 Å². The van der Waals surface area contributed by atoms with E-state index in [4.69, 9.17) is 10.5 Å². The smallest absolute Gasteiger partial charge is 0.378 e. The number of carbonyl (C=O) groups is 1. The first kappa shape index (κ1) is 22.7. The molecule has 1 fully saturated rings. The minimum atomic E-state index is -4.56. The maximum atomic E-state index is 13.4. The van der Waals surface area contributed by atoms with Gasteiger partial charge in [0.2, 0.25) is 5.91 Å². The first-order chi connectivity index (χ1) is 11.5. The first-order valence-corrected chi connectivity index (χ1v) is 8.34. The molecule has 0 aliphatic heterocycles. The number of nitrogens with two attached hydrogens (primary N) is 1. The summed E-state index contributed by atoms with van der Waals surface area (Å²) in [5.74, 6) is -0.785. The Morgan fingerprint density at radius 3 is 2.38 bits per heavy atom. The van der Waals surface area contributed by atoms with Crippen LogP contribution in [0.5, 0.6) is 0 Å². The molecular weight excluding hydrogens is 369 g/mol. The van der Waals surface area contributed by atoms with E-state index in [1.807, 2.05) is 6.92 Å². The van der Waals surface area contributed by atoms with Crippen LogP contribution in [0.2, 0.25) is 0 Å². The van der Waals surface area contributed by atoms with E-state index in [2.05, 4.69) is 5.32 Å². The molecule has 2 rings (SSSR count). The highest BCUT2D eigenvalue weighted by atomic mass is 35.5. The number of alkyl halides is 3. The summed E-state index contributed by atoms with van der Waals surface area (Å²) in [6.07, 6.45) is -4.93. The Bertz CT molecular complexity index is 610. The molecule has 3 atom stereocenters. The third-order valence-electron chi connectivity index (χ3n) is 5.22. The quantitative estimate of drug-likeness (QED) is 0.778. The van der Waals surface area contributed by atoms with Gasteiger partial charge in [-0.3, -0.25) is 4.79 Å². The number of halogens is 4. The van der Waals surface area contributed by atoms with Gasteiger partial charge in [-0.15, -0.1) is 12.4 Å². The number of amides is 1. The van der Waals surface area contributed by atoms with Gasteiger partial charge in [-0.05, 0) is 12.5 Å². The van der Waals surface area contributed by atoms with Crippen molar-refractivity contribution in [1.82, 2.24) is 5.32 Å². The zero-order valence-electron chi connectivity index (χ0n) is 15.1. The average molecular weight is 395 g/mol. The summed E-state index contributed by atoms with van der Waals surface area (Å²) in [4.78, 5) is 12.6. The largest absolute Gasteiger partial charge is 0.408 e. The van der Waals surface area contributed by atoms with E-state index in [1.54, 1.807) is 44.2 Å². The van der Waals surface area contributed by atoms with Crippen LogP contribution < -0.4 is 11.1 Å². The number of hydrogen-bond acceptors (Lipinski definition) is 3. The molecule has 1 aliphatic rings. The average Bonchev–Trinajstić information content (AvgIpc) is 2.53. The molecule has 26 heavy (non-hydrogen) atoms. The van der Waals surface area contributed by atoms with Gasteiger partial charge < -0.3 is 15.8 Å². The molecule has 148 valence electrons. The summed E-state index contributed by atoms with van der Waals surface area (Å²) in [6.45, 7) is 5.78. The maximum absolute atomic E-state index is 13.4. The van der Waals surface area contributed by atoms with Gasteiger partial charge in [-0.1, -0.05) is 44.2 Å². The van der Waals surface area contributed by atoms with Crippen LogP contribution in [0.3, 0.4) is 0 Å². The van der Waals surface area contributed by atoms with Crippen LogP contribution in [0.25, 0.3) is 0 Å². The fraction of sp³-hybridized carbons (Fsp3) is 0.611. The van der Waals surface area contributed by atoms with Gasteiger partial charge in [0.05, 0.1) is 6.10 Å². The Morgan fingerprint density at radius 2 is 1.92 bits per heavy atom. The van der Waals surface area contributed by atoms with Crippen molar-refractivity contribution in [2.24, 2.45) is 11.1 Å². The summed E-state index contributed by atoms with van der Waals surface area (Å²) >= 11 is 0. The van der Waals surface area contributed by atoms with E-state index >= 15 is 0 Å². The molecule has 0 saturated heterocycles. The lowest BCUT2D eigenvalue weighted by Gasteiger charge is -2.57. The minimum Gasteiger partial charge on any atom is -0.378 e. The highest BCUT2D eigenvalue weighted by molar-refractivity contribution is 5.89. The second kappa shape index (κ2) is 8.15. The van der Waals surface area contributed by atoms with Gasteiger partial charge in [0, 0.05) is 24.9 Å². The molecule has 0 bridgehead atoms. The Labute approximate surface area is 158 Å². The predicted octanol–water partition coefficient (Wildman–Crippen LogP) is 3.23. The van der Waals surface area contributed by atoms with E-state index in [-0.39, 0.29) is 31.4 Å². The van der Waals surface area contributed by atoms with E-state index in [0.717, 1.165) is 0 Å². The van der Waals surface area contributed by atoms with Crippen LogP contribution in [0.15, 0.2) is 30.3 Å². The van der Waals surface area contributed by atoms with Crippen molar-refractivity contribution in [3.63, 3.8) is 0 Å². The van der Waals surface area contributed by atoms with Gasteiger partial charge in [0.1, 0.15) is 11.6 Å². The predicted molar refractivity (Wildman–Crippen MR) is 96.1 cm³/mol. The fourth-order valence-corrected chi connectivity index (χ4v) is 3.21. The number of hydrogen-bond donors (Lipinski definition) is 2. The molecule has 0 aromatic heterocycles. The van der Waals surface area contributed by atoms with Crippen LogP contribution in [0.4, 0.5) is 13.2 Å². The normalized spacial score (nSPS) is 25.6. The first-order valence-electron chi connectivity index (χ1n) is 8.34. The molecule has 4 nitrogen and oxygen atoms in total. The Balaban J connectivity index is 0.00000338. The van der Waals surface area contributed by atoms with Crippen LogP contribution in [0.1, 0.15) is 32.8 Å². The third kappa shape index (κ3) is 4.32. The molecule has 3 unspecified atom stereocenters. The summed E-state index contributed by atoms with van der Waals surface area (Å²) in [7, 11) is 0. The molecule has 3 N–H and O–H groups in total. The zero-order chi connectivity index (χ0) is 18.9. The van der Waals surface area contributed by atoms with Crippen molar-refractivity contribution in [2.45, 2.75) is 57.5 Å². The Morgan fingerprint density at radius 1 is 1.35 bits per heavy atom. The zero-order valence-corrected chi connectivity index (χ0v) is 15.9. The lowest BCUT2D eigenvalue weighted by Crippen LogP contribution is -2.76. The van der Waals surface area contributed by atoms with Gasteiger partial charge >= 0.3 is 6.18 Å². The lowest BCUT2D eigenvalue weighted by molar-refractivity contribution is -0.182. The summed E-state index contributed by atoms with van der Waals surface area (Å²) in [5.41, 5.74) is 4.54.